The lowest BCUT2D eigenvalue weighted by Gasteiger charge is -2.24. The van der Waals surface area contributed by atoms with Gasteiger partial charge in [-0.25, -0.2) is 13.1 Å². The maximum absolute atomic E-state index is 12.4. The van der Waals surface area contributed by atoms with E-state index in [1.54, 1.807) is 12.1 Å². The molecule has 1 aromatic rings. The van der Waals surface area contributed by atoms with E-state index in [9.17, 15) is 8.42 Å². The molecule has 6 heteroatoms. The Kier molecular flexibility index (Phi) is 4.44. The van der Waals surface area contributed by atoms with Gasteiger partial charge in [0.25, 0.3) is 0 Å². The van der Waals surface area contributed by atoms with Gasteiger partial charge in [-0.05, 0) is 44.0 Å². The molecule has 1 fully saturated rings. The van der Waals surface area contributed by atoms with Crippen molar-refractivity contribution >= 4 is 10.0 Å². The molecule has 0 saturated carbocycles. The fourth-order valence-corrected chi connectivity index (χ4v) is 3.75. The van der Waals surface area contributed by atoms with Crippen molar-refractivity contribution in [2.45, 2.75) is 30.7 Å². The minimum atomic E-state index is -3.54. The molecule has 2 rings (SSSR count). The van der Waals surface area contributed by atoms with Gasteiger partial charge in [-0.2, -0.15) is 0 Å². The van der Waals surface area contributed by atoms with Crippen LogP contribution in [0, 0.1) is 6.92 Å². The van der Waals surface area contributed by atoms with Crippen LogP contribution >= 0.6 is 0 Å². The summed E-state index contributed by atoms with van der Waals surface area (Å²) in [6, 6.07) is 5.10. The lowest BCUT2D eigenvalue weighted by Crippen LogP contribution is -2.45. The lowest BCUT2D eigenvalue weighted by molar-refractivity contribution is 0.399. The van der Waals surface area contributed by atoms with Gasteiger partial charge in [0.1, 0.15) is 10.6 Å². The molecule has 0 aromatic heterocycles. The Morgan fingerprint density at radius 3 is 2.84 bits per heavy atom. The van der Waals surface area contributed by atoms with E-state index in [0.717, 1.165) is 24.9 Å². The van der Waals surface area contributed by atoms with Crippen LogP contribution in [0.3, 0.4) is 0 Å². The number of hydrogen-bond donors (Lipinski definition) is 2. The summed E-state index contributed by atoms with van der Waals surface area (Å²) in [5.41, 5.74) is 0.892. The Balaban J connectivity index is 2.25. The summed E-state index contributed by atoms with van der Waals surface area (Å²) < 4.78 is 32.7. The van der Waals surface area contributed by atoms with Gasteiger partial charge in [0.05, 0.1) is 7.11 Å². The van der Waals surface area contributed by atoms with Crippen LogP contribution in [0.1, 0.15) is 18.4 Å². The number of ether oxygens (including phenoxy) is 1. The highest BCUT2D eigenvalue weighted by Crippen LogP contribution is 2.25. The summed E-state index contributed by atoms with van der Waals surface area (Å²) >= 11 is 0. The normalized spacial score (nSPS) is 20.2. The molecule has 1 aliphatic heterocycles. The third-order valence-electron chi connectivity index (χ3n) is 3.23. The van der Waals surface area contributed by atoms with E-state index in [-0.39, 0.29) is 10.9 Å². The molecule has 1 atom stereocenters. The number of sulfonamides is 1. The number of hydrogen-bond acceptors (Lipinski definition) is 4. The molecule has 2 N–H and O–H groups in total. The second-order valence-electron chi connectivity index (χ2n) is 4.82. The molecule has 0 unspecified atom stereocenters. The number of benzene rings is 1. The van der Waals surface area contributed by atoms with Gasteiger partial charge in [0, 0.05) is 12.6 Å². The number of aryl methyl sites for hydroxylation is 1. The van der Waals surface area contributed by atoms with E-state index >= 15 is 0 Å². The lowest BCUT2D eigenvalue weighted by atomic mass is 10.1. The summed E-state index contributed by atoms with van der Waals surface area (Å²) in [6.07, 6.45) is 1.85. The van der Waals surface area contributed by atoms with Crippen molar-refractivity contribution in [2.24, 2.45) is 0 Å². The molecule has 1 saturated heterocycles. The van der Waals surface area contributed by atoms with Crippen LogP contribution in [-0.2, 0) is 10.0 Å². The highest BCUT2D eigenvalue weighted by Gasteiger charge is 2.24. The molecule has 0 bridgehead atoms. The predicted molar refractivity (Wildman–Crippen MR) is 73.9 cm³/mol. The van der Waals surface area contributed by atoms with Gasteiger partial charge in [0.15, 0.2) is 0 Å². The number of nitrogens with one attached hydrogen (secondary N) is 2. The van der Waals surface area contributed by atoms with Gasteiger partial charge in [0.2, 0.25) is 10.0 Å². The van der Waals surface area contributed by atoms with Gasteiger partial charge in [-0.15, -0.1) is 0 Å². The van der Waals surface area contributed by atoms with Crippen molar-refractivity contribution in [1.82, 2.24) is 10.0 Å². The van der Waals surface area contributed by atoms with E-state index in [1.807, 2.05) is 13.0 Å². The molecule has 0 radical (unpaired) electrons. The fraction of sp³-hybridized carbons (Fsp3) is 0.538. The highest BCUT2D eigenvalue weighted by atomic mass is 32.2. The Morgan fingerprint density at radius 2 is 2.21 bits per heavy atom. The molecule has 5 nitrogen and oxygen atoms in total. The first-order chi connectivity index (χ1) is 9.03. The quantitative estimate of drug-likeness (QED) is 0.867. The van der Waals surface area contributed by atoms with Crippen LogP contribution in [0.5, 0.6) is 5.75 Å². The molecular formula is C13H20N2O3S. The SMILES string of the molecule is COc1ccc(C)cc1S(=O)(=O)N[C@@H]1CCCNC1. The van der Waals surface area contributed by atoms with Gasteiger partial charge in [-0.3, -0.25) is 0 Å². The Labute approximate surface area is 114 Å². The molecule has 0 amide bonds. The topological polar surface area (TPSA) is 67.4 Å². The van der Waals surface area contributed by atoms with Crippen molar-refractivity contribution in [1.29, 1.82) is 0 Å². The first-order valence-electron chi connectivity index (χ1n) is 6.40. The van der Waals surface area contributed by atoms with Crippen molar-refractivity contribution in [3.05, 3.63) is 23.8 Å². The molecule has 106 valence electrons. The summed E-state index contributed by atoms with van der Waals surface area (Å²) in [7, 11) is -2.06. The van der Waals surface area contributed by atoms with E-state index in [0.29, 0.717) is 12.3 Å². The van der Waals surface area contributed by atoms with Gasteiger partial charge >= 0.3 is 0 Å². The third kappa shape index (κ3) is 3.46. The standard InChI is InChI=1S/C13H20N2O3S/c1-10-5-6-12(18-2)13(8-10)19(16,17)15-11-4-3-7-14-9-11/h5-6,8,11,14-15H,3-4,7,9H2,1-2H3/t11-/m1/s1. The van der Waals surface area contributed by atoms with Crippen LogP contribution in [-0.4, -0.2) is 34.7 Å². The van der Waals surface area contributed by atoms with Crippen LogP contribution in [0.2, 0.25) is 0 Å². The maximum Gasteiger partial charge on any atom is 0.244 e. The van der Waals surface area contributed by atoms with Crippen LogP contribution in [0.15, 0.2) is 23.1 Å². The van der Waals surface area contributed by atoms with Crippen molar-refractivity contribution in [3.8, 4) is 5.75 Å². The van der Waals surface area contributed by atoms with Crippen LogP contribution in [0.4, 0.5) is 0 Å². The van der Waals surface area contributed by atoms with Crippen LogP contribution < -0.4 is 14.8 Å². The summed E-state index contributed by atoms with van der Waals surface area (Å²) in [5, 5.41) is 3.19. The Hall–Kier alpha value is -1.11. The van der Waals surface area contributed by atoms with E-state index in [2.05, 4.69) is 10.0 Å². The third-order valence-corrected chi connectivity index (χ3v) is 4.77. The van der Waals surface area contributed by atoms with E-state index in [1.165, 1.54) is 7.11 Å². The monoisotopic (exact) mass is 284 g/mol. The van der Waals surface area contributed by atoms with Gasteiger partial charge < -0.3 is 10.1 Å². The first-order valence-corrected chi connectivity index (χ1v) is 7.89. The second kappa shape index (κ2) is 5.90. The molecule has 0 aliphatic carbocycles. The molecule has 1 aromatic carbocycles. The zero-order valence-electron chi connectivity index (χ0n) is 11.3. The Morgan fingerprint density at radius 1 is 1.42 bits per heavy atom. The molecule has 0 spiro atoms. The minimum Gasteiger partial charge on any atom is -0.495 e. The second-order valence-corrected chi connectivity index (χ2v) is 6.50. The number of rotatable bonds is 4. The Bertz CT molecular complexity index is 537. The average molecular weight is 284 g/mol. The summed E-state index contributed by atoms with van der Waals surface area (Å²) in [6.45, 7) is 3.49. The molecule has 19 heavy (non-hydrogen) atoms. The maximum atomic E-state index is 12.4. The van der Waals surface area contributed by atoms with Crippen LogP contribution in [0.25, 0.3) is 0 Å². The van der Waals surface area contributed by atoms with E-state index in [4.69, 9.17) is 4.74 Å². The summed E-state index contributed by atoms with van der Waals surface area (Å²) in [5.74, 6) is 0.377. The molecule has 1 aliphatic rings. The zero-order valence-corrected chi connectivity index (χ0v) is 12.1. The smallest absolute Gasteiger partial charge is 0.244 e. The number of piperidine rings is 1. The highest BCUT2D eigenvalue weighted by molar-refractivity contribution is 7.89. The first kappa shape index (κ1) is 14.3. The predicted octanol–water partition coefficient (Wildman–Crippen LogP) is 1.03. The largest absolute Gasteiger partial charge is 0.495 e. The number of methoxy groups -OCH3 is 1. The van der Waals surface area contributed by atoms with Crippen molar-refractivity contribution in [3.63, 3.8) is 0 Å². The zero-order chi connectivity index (χ0) is 13.9. The average Bonchev–Trinajstić information content (AvgIpc) is 2.39. The minimum absolute atomic E-state index is 0.0519. The van der Waals surface area contributed by atoms with E-state index < -0.39 is 10.0 Å². The molecular weight excluding hydrogens is 264 g/mol. The summed E-state index contributed by atoms with van der Waals surface area (Å²) in [4.78, 5) is 0.209. The fourth-order valence-electron chi connectivity index (χ4n) is 2.23. The van der Waals surface area contributed by atoms with Crippen molar-refractivity contribution < 1.29 is 13.2 Å². The molecule has 1 heterocycles. The van der Waals surface area contributed by atoms with Crippen molar-refractivity contribution in [2.75, 3.05) is 20.2 Å². The van der Waals surface area contributed by atoms with Gasteiger partial charge in [-0.1, -0.05) is 6.07 Å².